The summed E-state index contributed by atoms with van der Waals surface area (Å²) < 4.78 is 0. The quantitative estimate of drug-likeness (QED) is 0.866. The van der Waals surface area contributed by atoms with Crippen LogP contribution in [0, 0.1) is 17.8 Å². The number of amides is 1. The Hall–Kier alpha value is -0.320. The zero-order valence-corrected chi connectivity index (χ0v) is 14.6. The Balaban J connectivity index is 0.00000220. The molecular formula is C16H32ClN3O. The number of halogens is 1. The fourth-order valence-corrected chi connectivity index (χ4v) is 3.59. The van der Waals surface area contributed by atoms with E-state index >= 15 is 0 Å². The van der Waals surface area contributed by atoms with Gasteiger partial charge in [0.25, 0.3) is 0 Å². The van der Waals surface area contributed by atoms with Crippen LogP contribution < -0.4 is 5.73 Å². The molecule has 2 aliphatic rings. The maximum absolute atomic E-state index is 12.3. The Morgan fingerprint density at radius 1 is 1.00 bits per heavy atom. The predicted molar refractivity (Wildman–Crippen MR) is 89.6 cm³/mol. The van der Waals surface area contributed by atoms with Crippen LogP contribution in [-0.4, -0.2) is 55.0 Å². The summed E-state index contributed by atoms with van der Waals surface area (Å²) in [6.45, 7) is 8.35. The van der Waals surface area contributed by atoms with Gasteiger partial charge in [0, 0.05) is 13.1 Å². The van der Waals surface area contributed by atoms with Crippen molar-refractivity contribution in [1.29, 1.82) is 0 Å². The summed E-state index contributed by atoms with van der Waals surface area (Å²) in [5.41, 5.74) is 5.99. The number of carbonyl (C=O) groups excluding carboxylic acids is 1. The topological polar surface area (TPSA) is 49.6 Å². The van der Waals surface area contributed by atoms with E-state index in [0.717, 1.165) is 24.9 Å². The molecule has 0 radical (unpaired) electrons. The van der Waals surface area contributed by atoms with Crippen LogP contribution in [0.3, 0.4) is 0 Å². The Kier molecular flexibility index (Phi) is 7.45. The van der Waals surface area contributed by atoms with Gasteiger partial charge >= 0.3 is 0 Å². The van der Waals surface area contributed by atoms with Gasteiger partial charge in [-0.2, -0.15) is 0 Å². The second-order valence-electron chi connectivity index (χ2n) is 7.07. The summed E-state index contributed by atoms with van der Waals surface area (Å²) in [5.74, 6) is 2.08. The van der Waals surface area contributed by atoms with Crippen LogP contribution in [0.2, 0.25) is 0 Å². The largest absolute Gasteiger partial charge is 0.341 e. The molecule has 0 bridgehead atoms. The first-order chi connectivity index (χ1) is 9.49. The standard InChI is InChI=1S/C16H31N3O.ClH/c1-12(2)15(17)16(20)19-10-6-14(7-11-19)13-4-8-18(3)9-5-13;/h12-15H,4-11,17H2,1-3H3;1H/t15-;/m0./s1. The SMILES string of the molecule is CC(C)[C@H](N)C(=O)N1CCC(C2CCN(C)CC2)CC1.Cl. The van der Waals surface area contributed by atoms with Gasteiger partial charge in [0.05, 0.1) is 6.04 Å². The molecule has 5 heteroatoms. The summed E-state index contributed by atoms with van der Waals surface area (Å²) in [7, 11) is 2.21. The van der Waals surface area contributed by atoms with Gasteiger partial charge in [0.15, 0.2) is 0 Å². The highest BCUT2D eigenvalue weighted by atomic mass is 35.5. The molecule has 0 aromatic heterocycles. The molecule has 2 N–H and O–H groups in total. The molecule has 124 valence electrons. The van der Waals surface area contributed by atoms with Crippen LogP contribution in [0.15, 0.2) is 0 Å². The van der Waals surface area contributed by atoms with Crippen molar-refractivity contribution in [1.82, 2.24) is 9.80 Å². The number of carbonyl (C=O) groups is 1. The van der Waals surface area contributed by atoms with Crippen LogP contribution in [0.1, 0.15) is 39.5 Å². The van der Waals surface area contributed by atoms with Gasteiger partial charge in [-0.05, 0) is 63.6 Å². The zero-order valence-electron chi connectivity index (χ0n) is 13.8. The van der Waals surface area contributed by atoms with Crippen molar-refractivity contribution < 1.29 is 4.79 Å². The number of nitrogens with zero attached hydrogens (tertiary/aromatic N) is 2. The van der Waals surface area contributed by atoms with Gasteiger partial charge in [0.2, 0.25) is 5.91 Å². The second-order valence-corrected chi connectivity index (χ2v) is 7.07. The number of rotatable bonds is 3. The Morgan fingerprint density at radius 3 is 1.86 bits per heavy atom. The van der Waals surface area contributed by atoms with Crippen LogP contribution in [-0.2, 0) is 4.79 Å². The van der Waals surface area contributed by atoms with Gasteiger partial charge < -0.3 is 15.5 Å². The van der Waals surface area contributed by atoms with Crippen LogP contribution in [0.5, 0.6) is 0 Å². The monoisotopic (exact) mass is 317 g/mol. The molecule has 2 saturated heterocycles. The molecule has 0 saturated carbocycles. The minimum atomic E-state index is -0.324. The van der Waals surface area contributed by atoms with E-state index in [0.29, 0.717) is 0 Å². The van der Waals surface area contributed by atoms with Crippen molar-refractivity contribution in [3.05, 3.63) is 0 Å². The second kappa shape index (κ2) is 8.35. The highest BCUT2D eigenvalue weighted by Crippen LogP contribution is 2.32. The molecule has 2 aliphatic heterocycles. The summed E-state index contributed by atoms with van der Waals surface area (Å²) in [6, 6.07) is -0.324. The Morgan fingerprint density at radius 2 is 1.43 bits per heavy atom. The molecule has 0 aromatic carbocycles. The van der Waals surface area contributed by atoms with Crippen molar-refractivity contribution in [2.75, 3.05) is 33.2 Å². The van der Waals surface area contributed by atoms with Gasteiger partial charge in [0.1, 0.15) is 0 Å². The van der Waals surface area contributed by atoms with E-state index in [1.807, 2.05) is 18.7 Å². The first kappa shape index (κ1) is 18.7. The summed E-state index contributed by atoms with van der Waals surface area (Å²) in [6.07, 6.45) is 5.01. The first-order valence-corrected chi connectivity index (χ1v) is 8.22. The van der Waals surface area contributed by atoms with Crippen molar-refractivity contribution in [3.8, 4) is 0 Å². The molecule has 4 nitrogen and oxygen atoms in total. The molecule has 0 aliphatic carbocycles. The zero-order chi connectivity index (χ0) is 14.7. The van der Waals surface area contributed by atoms with E-state index in [1.54, 1.807) is 0 Å². The average Bonchev–Trinajstić information content (AvgIpc) is 2.46. The highest BCUT2D eigenvalue weighted by molar-refractivity contribution is 5.85. The van der Waals surface area contributed by atoms with Gasteiger partial charge in [-0.1, -0.05) is 13.8 Å². The molecule has 2 rings (SSSR count). The van der Waals surface area contributed by atoms with Crippen molar-refractivity contribution >= 4 is 18.3 Å². The van der Waals surface area contributed by atoms with E-state index < -0.39 is 0 Å². The lowest BCUT2D eigenvalue weighted by atomic mass is 9.79. The van der Waals surface area contributed by atoms with Crippen molar-refractivity contribution in [2.45, 2.75) is 45.6 Å². The lowest BCUT2D eigenvalue weighted by Gasteiger charge is -2.40. The summed E-state index contributed by atoms with van der Waals surface area (Å²) in [4.78, 5) is 16.7. The number of nitrogens with two attached hydrogens (primary N) is 1. The smallest absolute Gasteiger partial charge is 0.239 e. The molecule has 0 aromatic rings. The van der Waals surface area contributed by atoms with Crippen molar-refractivity contribution in [2.24, 2.45) is 23.5 Å². The molecule has 0 unspecified atom stereocenters. The molecule has 1 amide bonds. The van der Waals surface area contributed by atoms with Crippen molar-refractivity contribution in [3.63, 3.8) is 0 Å². The third kappa shape index (κ3) is 4.83. The van der Waals surface area contributed by atoms with Crippen LogP contribution >= 0.6 is 12.4 Å². The normalized spacial score (nSPS) is 24.0. The summed E-state index contributed by atoms with van der Waals surface area (Å²) >= 11 is 0. The highest BCUT2D eigenvalue weighted by Gasteiger charge is 2.32. The minimum absolute atomic E-state index is 0. The number of hydrogen-bond acceptors (Lipinski definition) is 3. The van der Waals surface area contributed by atoms with E-state index in [9.17, 15) is 4.79 Å². The Labute approximate surface area is 135 Å². The van der Waals surface area contributed by atoms with Crippen LogP contribution in [0.25, 0.3) is 0 Å². The first-order valence-electron chi connectivity index (χ1n) is 8.22. The summed E-state index contributed by atoms with van der Waals surface area (Å²) in [5, 5.41) is 0. The van der Waals surface area contributed by atoms with Gasteiger partial charge in [-0.25, -0.2) is 0 Å². The minimum Gasteiger partial charge on any atom is -0.341 e. The number of hydrogen-bond donors (Lipinski definition) is 1. The molecule has 1 atom stereocenters. The third-order valence-corrected chi connectivity index (χ3v) is 5.28. The molecular weight excluding hydrogens is 286 g/mol. The third-order valence-electron chi connectivity index (χ3n) is 5.28. The molecule has 2 fully saturated rings. The van der Waals surface area contributed by atoms with E-state index in [1.165, 1.54) is 38.8 Å². The average molecular weight is 318 g/mol. The van der Waals surface area contributed by atoms with Gasteiger partial charge in [-0.15, -0.1) is 12.4 Å². The number of likely N-dealkylation sites (tertiary alicyclic amines) is 2. The predicted octanol–water partition coefficient (Wildman–Crippen LogP) is 1.97. The lowest BCUT2D eigenvalue weighted by Crippen LogP contribution is -2.50. The van der Waals surface area contributed by atoms with Gasteiger partial charge in [-0.3, -0.25) is 4.79 Å². The maximum Gasteiger partial charge on any atom is 0.239 e. The molecule has 0 spiro atoms. The van der Waals surface area contributed by atoms with E-state index in [-0.39, 0.29) is 30.3 Å². The maximum atomic E-state index is 12.3. The Bertz CT molecular complexity index is 321. The fourth-order valence-electron chi connectivity index (χ4n) is 3.59. The molecule has 2 heterocycles. The number of piperidine rings is 2. The fraction of sp³-hybridized carbons (Fsp3) is 0.938. The van der Waals surface area contributed by atoms with Crippen LogP contribution in [0.4, 0.5) is 0 Å². The molecule has 21 heavy (non-hydrogen) atoms. The van der Waals surface area contributed by atoms with E-state index in [4.69, 9.17) is 5.73 Å². The van der Waals surface area contributed by atoms with E-state index in [2.05, 4.69) is 11.9 Å². The lowest BCUT2D eigenvalue weighted by molar-refractivity contribution is -0.135.